The van der Waals surface area contributed by atoms with Gasteiger partial charge >= 0.3 is 0 Å². The van der Waals surface area contributed by atoms with Crippen LogP contribution in [0.3, 0.4) is 0 Å². The standard InChI is InChI=1S/C15H23NO3/c1-12-13(7-9-18-12)11-16-8-10-19-15-6-4-3-5-14(15)17-2/h3-6,12-13,16H,7-11H2,1-2H3. The first-order valence-corrected chi connectivity index (χ1v) is 6.89. The van der Waals surface area contributed by atoms with Gasteiger partial charge in [-0.15, -0.1) is 0 Å². The number of nitrogens with one attached hydrogen (secondary N) is 1. The molecule has 1 aliphatic heterocycles. The molecule has 106 valence electrons. The highest BCUT2D eigenvalue weighted by molar-refractivity contribution is 5.39. The van der Waals surface area contributed by atoms with Crippen LogP contribution >= 0.6 is 0 Å². The van der Waals surface area contributed by atoms with Gasteiger partial charge in [-0.05, 0) is 31.4 Å². The summed E-state index contributed by atoms with van der Waals surface area (Å²) in [5.74, 6) is 2.20. The molecule has 1 aliphatic rings. The van der Waals surface area contributed by atoms with Gasteiger partial charge in [-0.2, -0.15) is 0 Å². The van der Waals surface area contributed by atoms with Gasteiger partial charge in [0, 0.05) is 19.7 Å². The van der Waals surface area contributed by atoms with E-state index in [1.165, 1.54) is 0 Å². The molecule has 0 radical (unpaired) electrons. The summed E-state index contributed by atoms with van der Waals surface area (Å²) in [4.78, 5) is 0. The normalized spacial score (nSPS) is 22.4. The van der Waals surface area contributed by atoms with E-state index in [1.807, 2.05) is 24.3 Å². The molecule has 1 fully saturated rings. The van der Waals surface area contributed by atoms with Crippen LogP contribution in [-0.4, -0.2) is 39.5 Å². The van der Waals surface area contributed by atoms with Crippen LogP contribution in [0.2, 0.25) is 0 Å². The minimum absolute atomic E-state index is 0.377. The van der Waals surface area contributed by atoms with E-state index in [4.69, 9.17) is 14.2 Å². The van der Waals surface area contributed by atoms with Crippen molar-refractivity contribution in [2.45, 2.75) is 19.4 Å². The summed E-state index contributed by atoms with van der Waals surface area (Å²) in [6.07, 6.45) is 1.53. The van der Waals surface area contributed by atoms with Crippen LogP contribution in [0.5, 0.6) is 11.5 Å². The van der Waals surface area contributed by atoms with Gasteiger partial charge in [0.2, 0.25) is 0 Å². The first-order valence-electron chi connectivity index (χ1n) is 6.89. The Morgan fingerprint density at radius 1 is 1.32 bits per heavy atom. The number of benzene rings is 1. The lowest BCUT2D eigenvalue weighted by atomic mass is 10.0. The zero-order valence-corrected chi connectivity index (χ0v) is 11.7. The first-order chi connectivity index (χ1) is 9.31. The smallest absolute Gasteiger partial charge is 0.161 e. The molecule has 4 heteroatoms. The van der Waals surface area contributed by atoms with Crippen molar-refractivity contribution < 1.29 is 14.2 Å². The summed E-state index contributed by atoms with van der Waals surface area (Å²) in [7, 11) is 1.65. The zero-order chi connectivity index (χ0) is 13.5. The van der Waals surface area contributed by atoms with Crippen LogP contribution in [0, 0.1) is 5.92 Å². The van der Waals surface area contributed by atoms with Gasteiger partial charge in [-0.3, -0.25) is 0 Å². The fourth-order valence-electron chi connectivity index (χ4n) is 2.30. The van der Waals surface area contributed by atoms with Crippen molar-refractivity contribution in [2.24, 2.45) is 5.92 Å². The molecule has 4 nitrogen and oxygen atoms in total. The topological polar surface area (TPSA) is 39.7 Å². The van der Waals surface area contributed by atoms with Crippen molar-refractivity contribution in [1.82, 2.24) is 5.32 Å². The summed E-state index contributed by atoms with van der Waals surface area (Å²) in [6.45, 7) is 5.51. The van der Waals surface area contributed by atoms with Gasteiger partial charge in [0.05, 0.1) is 13.2 Å². The van der Waals surface area contributed by atoms with E-state index in [9.17, 15) is 0 Å². The summed E-state index contributed by atoms with van der Waals surface area (Å²) in [5, 5.41) is 3.42. The second-order valence-corrected chi connectivity index (χ2v) is 4.83. The molecule has 2 unspecified atom stereocenters. The molecule has 1 N–H and O–H groups in total. The van der Waals surface area contributed by atoms with Crippen LogP contribution in [0.25, 0.3) is 0 Å². The molecule has 1 aromatic rings. The largest absolute Gasteiger partial charge is 0.493 e. The molecule has 0 saturated carbocycles. The van der Waals surface area contributed by atoms with E-state index >= 15 is 0 Å². The third-order valence-corrected chi connectivity index (χ3v) is 3.55. The van der Waals surface area contributed by atoms with Crippen molar-refractivity contribution in [1.29, 1.82) is 0 Å². The second kappa shape index (κ2) is 7.36. The van der Waals surface area contributed by atoms with Crippen LogP contribution in [-0.2, 0) is 4.74 Å². The summed E-state index contributed by atoms with van der Waals surface area (Å²) >= 11 is 0. The van der Waals surface area contributed by atoms with Crippen LogP contribution < -0.4 is 14.8 Å². The number of methoxy groups -OCH3 is 1. The van der Waals surface area contributed by atoms with E-state index in [0.29, 0.717) is 18.6 Å². The van der Waals surface area contributed by atoms with E-state index in [2.05, 4.69) is 12.2 Å². The molecule has 1 saturated heterocycles. The number of hydrogen-bond acceptors (Lipinski definition) is 4. The van der Waals surface area contributed by atoms with Crippen molar-refractivity contribution in [3.8, 4) is 11.5 Å². The van der Waals surface area contributed by atoms with Gasteiger partial charge < -0.3 is 19.5 Å². The highest BCUT2D eigenvalue weighted by Gasteiger charge is 2.23. The molecule has 0 aromatic heterocycles. The Kier molecular flexibility index (Phi) is 5.48. The van der Waals surface area contributed by atoms with E-state index in [1.54, 1.807) is 7.11 Å². The molecule has 2 rings (SSSR count). The highest BCUT2D eigenvalue weighted by atomic mass is 16.5. The maximum absolute atomic E-state index is 5.70. The predicted octanol–water partition coefficient (Wildman–Crippen LogP) is 2.09. The molecular formula is C15H23NO3. The van der Waals surface area contributed by atoms with Crippen LogP contribution in [0.4, 0.5) is 0 Å². The van der Waals surface area contributed by atoms with Gasteiger partial charge in [0.25, 0.3) is 0 Å². The third kappa shape index (κ3) is 4.11. The number of para-hydroxylation sites is 2. The molecular weight excluding hydrogens is 242 g/mol. The quantitative estimate of drug-likeness (QED) is 0.766. The molecule has 0 bridgehead atoms. The van der Waals surface area contributed by atoms with Gasteiger partial charge in [0.1, 0.15) is 6.61 Å². The Balaban J connectivity index is 1.64. The van der Waals surface area contributed by atoms with Gasteiger partial charge in [0.15, 0.2) is 11.5 Å². The molecule has 0 amide bonds. The van der Waals surface area contributed by atoms with E-state index in [0.717, 1.165) is 37.6 Å². The molecule has 0 aliphatic carbocycles. The van der Waals surface area contributed by atoms with Crippen LogP contribution in [0.15, 0.2) is 24.3 Å². The Hall–Kier alpha value is -1.26. The summed E-state index contributed by atoms with van der Waals surface area (Å²) in [6, 6.07) is 7.71. The zero-order valence-electron chi connectivity index (χ0n) is 11.7. The lowest BCUT2D eigenvalue weighted by molar-refractivity contribution is 0.105. The maximum atomic E-state index is 5.70. The predicted molar refractivity (Wildman–Crippen MR) is 74.9 cm³/mol. The van der Waals surface area contributed by atoms with E-state index in [-0.39, 0.29) is 0 Å². The monoisotopic (exact) mass is 265 g/mol. The third-order valence-electron chi connectivity index (χ3n) is 3.55. The Bertz CT molecular complexity index is 383. The Morgan fingerprint density at radius 2 is 2.11 bits per heavy atom. The van der Waals surface area contributed by atoms with Gasteiger partial charge in [-0.25, -0.2) is 0 Å². The lowest BCUT2D eigenvalue weighted by Gasteiger charge is -2.15. The molecule has 2 atom stereocenters. The Labute approximate surface area is 115 Å². The average molecular weight is 265 g/mol. The number of hydrogen-bond donors (Lipinski definition) is 1. The van der Waals surface area contributed by atoms with Crippen molar-refractivity contribution >= 4 is 0 Å². The summed E-state index contributed by atoms with van der Waals surface area (Å²) in [5.41, 5.74) is 0. The van der Waals surface area contributed by atoms with E-state index < -0.39 is 0 Å². The fourth-order valence-corrected chi connectivity index (χ4v) is 2.30. The molecule has 1 heterocycles. The first kappa shape index (κ1) is 14.2. The molecule has 1 aromatic carbocycles. The van der Waals surface area contributed by atoms with Crippen molar-refractivity contribution in [3.63, 3.8) is 0 Å². The second-order valence-electron chi connectivity index (χ2n) is 4.83. The van der Waals surface area contributed by atoms with Crippen LogP contribution in [0.1, 0.15) is 13.3 Å². The van der Waals surface area contributed by atoms with Gasteiger partial charge in [-0.1, -0.05) is 12.1 Å². The fraction of sp³-hybridized carbons (Fsp3) is 0.600. The highest BCUT2D eigenvalue weighted by Crippen LogP contribution is 2.25. The van der Waals surface area contributed by atoms with Crippen molar-refractivity contribution in [3.05, 3.63) is 24.3 Å². The lowest BCUT2D eigenvalue weighted by Crippen LogP contribution is -2.30. The molecule has 19 heavy (non-hydrogen) atoms. The number of ether oxygens (including phenoxy) is 3. The average Bonchev–Trinajstić information content (AvgIpc) is 2.84. The summed E-state index contributed by atoms with van der Waals surface area (Å²) < 4.78 is 16.5. The SMILES string of the molecule is COc1ccccc1OCCNCC1CCOC1C. The molecule has 0 spiro atoms. The minimum atomic E-state index is 0.377. The van der Waals surface area contributed by atoms with Crippen molar-refractivity contribution in [2.75, 3.05) is 33.4 Å². The number of rotatable bonds is 7. The minimum Gasteiger partial charge on any atom is -0.493 e. The maximum Gasteiger partial charge on any atom is 0.161 e. The Morgan fingerprint density at radius 3 is 2.79 bits per heavy atom.